The van der Waals surface area contributed by atoms with Crippen molar-refractivity contribution < 1.29 is 23.5 Å². The molecule has 2 N–H and O–H groups in total. The molecule has 9 heteroatoms. The molecule has 4 rings (SSSR count). The van der Waals surface area contributed by atoms with Crippen molar-refractivity contribution in [3.63, 3.8) is 0 Å². The van der Waals surface area contributed by atoms with Crippen LogP contribution in [-0.4, -0.2) is 34.9 Å². The van der Waals surface area contributed by atoms with E-state index in [0.717, 1.165) is 0 Å². The zero-order chi connectivity index (χ0) is 24.2. The van der Waals surface area contributed by atoms with Crippen LogP contribution in [0.1, 0.15) is 40.8 Å². The smallest absolute Gasteiger partial charge is 0.411 e. The van der Waals surface area contributed by atoms with Gasteiger partial charge in [-0.25, -0.2) is 9.18 Å². The molecule has 34 heavy (non-hydrogen) atoms. The minimum absolute atomic E-state index is 0.0839. The summed E-state index contributed by atoms with van der Waals surface area (Å²) in [5, 5.41) is 7.50. The van der Waals surface area contributed by atoms with Crippen LogP contribution in [0.15, 0.2) is 66.0 Å². The molecule has 1 fully saturated rings. The number of nitrogens with zero attached hydrogens (tertiary/aromatic N) is 1. The van der Waals surface area contributed by atoms with Gasteiger partial charge in [-0.05, 0) is 60.7 Å². The number of carbonyl (C=O) groups is 3. The predicted molar refractivity (Wildman–Crippen MR) is 127 cm³/mol. The molecule has 0 aliphatic carbocycles. The van der Waals surface area contributed by atoms with E-state index in [9.17, 15) is 18.8 Å². The molecular formula is C25H24FN3O4S. The average Bonchev–Trinajstić information content (AvgIpc) is 3.44. The van der Waals surface area contributed by atoms with Gasteiger partial charge in [0.15, 0.2) is 12.1 Å². The van der Waals surface area contributed by atoms with Crippen LogP contribution in [0.2, 0.25) is 0 Å². The summed E-state index contributed by atoms with van der Waals surface area (Å²) in [5.74, 6) is -0.996. The van der Waals surface area contributed by atoms with E-state index in [0.29, 0.717) is 21.7 Å². The highest BCUT2D eigenvalue weighted by molar-refractivity contribution is 7.12. The molecule has 2 aromatic carbocycles. The fraction of sp³-hybridized carbons (Fsp3) is 0.240. The summed E-state index contributed by atoms with van der Waals surface area (Å²) in [4.78, 5) is 40.3. The van der Waals surface area contributed by atoms with E-state index in [4.69, 9.17) is 4.74 Å². The van der Waals surface area contributed by atoms with Gasteiger partial charge in [0.2, 0.25) is 5.91 Å². The van der Waals surface area contributed by atoms with Gasteiger partial charge < -0.3 is 15.4 Å². The number of benzene rings is 2. The van der Waals surface area contributed by atoms with Gasteiger partial charge in [0.05, 0.1) is 11.4 Å². The van der Waals surface area contributed by atoms with Crippen molar-refractivity contribution in [2.45, 2.75) is 38.6 Å². The number of rotatable bonds is 7. The number of hydrogen-bond donors (Lipinski definition) is 2. The van der Waals surface area contributed by atoms with Crippen LogP contribution in [0.4, 0.5) is 14.9 Å². The minimum atomic E-state index is -0.941. The second-order valence-electron chi connectivity index (χ2n) is 8.22. The third kappa shape index (κ3) is 5.26. The highest BCUT2D eigenvalue weighted by Gasteiger charge is 2.47. The first kappa shape index (κ1) is 23.4. The maximum atomic E-state index is 13.3. The molecule has 0 bridgehead atoms. The monoisotopic (exact) mass is 481 g/mol. The first-order valence-electron chi connectivity index (χ1n) is 10.8. The molecule has 2 atom stereocenters. The van der Waals surface area contributed by atoms with Crippen LogP contribution in [0.5, 0.6) is 0 Å². The highest BCUT2D eigenvalue weighted by atomic mass is 32.1. The Morgan fingerprint density at radius 2 is 1.88 bits per heavy atom. The first-order chi connectivity index (χ1) is 16.3. The number of hydrogen-bond acceptors (Lipinski definition) is 5. The van der Waals surface area contributed by atoms with Gasteiger partial charge in [0, 0.05) is 11.7 Å². The SMILES string of the molecule is CC(C)NC(=O)[C@@H]1[C@@H](c2cccc(NC(=O)c3cccs3)c2)OC(=O)N1Cc1ccc(F)cc1. The molecule has 1 saturated heterocycles. The van der Waals surface area contributed by atoms with Crippen LogP contribution in [0, 0.1) is 5.82 Å². The molecular weight excluding hydrogens is 457 g/mol. The van der Waals surface area contributed by atoms with Gasteiger partial charge in [0.25, 0.3) is 5.91 Å². The van der Waals surface area contributed by atoms with E-state index in [1.54, 1.807) is 48.5 Å². The summed E-state index contributed by atoms with van der Waals surface area (Å²) >= 11 is 1.33. The topological polar surface area (TPSA) is 87.7 Å². The molecule has 0 spiro atoms. The molecule has 1 aliphatic heterocycles. The van der Waals surface area contributed by atoms with Crippen molar-refractivity contribution in [2.75, 3.05) is 5.32 Å². The largest absolute Gasteiger partial charge is 0.438 e. The summed E-state index contributed by atoms with van der Waals surface area (Å²) in [6.07, 6.45) is -1.53. The summed E-state index contributed by atoms with van der Waals surface area (Å²) < 4.78 is 19.0. The second-order valence-corrected chi connectivity index (χ2v) is 9.17. The normalized spacial score (nSPS) is 17.5. The molecule has 1 aliphatic rings. The molecule has 3 aromatic rings. The van der Waals surface area contributed by atoms with Crippen LogP contribution in [0.25, 0.3) is 0 Å². The van der Waals surface area contributed by atoms with E-state index in [1.807, 2.05) is 19.2 Å². The average molecular weight is 482 g/mol. The Morgan fingerprint density at radius 3 is 2.56 bits per heavy atom. The summed E-state index contributed by atoms with van der Waals surface area (Å²) in [7, 11) is 0. The molecule has 0 saturated carbocycles. The Kier molecular flexibility index (Phi) is 6.93. The summed E-state index contributed by atoms with van der Waals surface area (Å²) in [6.45, 7) is 3.74. The molecule has 1 aromatic heterocycles. The minimum Gasteiger partial charge on any atom is -0.438 e. The van der Waals surface area contributed by atoms with Crippen molar-refractivity contribution in [3.8, 4) is 0 Å². The van der Waals surface area contributed by atoms with Crippen LogP contribution < -0.4 is 10.6 Å². The number of anilines is 1. The van der Waals surface area contributed by atoms with Crippen molar-refractivity contribution in [1.82, 2.24) is 10.2 Å². The number of ether oxygens (including phenoxy) is 1. The van der Waals surface area contributed by atoms with Crippen LogP contribution in [-0.2, 0) is 16.1 Å². The Bertz CT molecular complexity index is 1180. The standard InChI is InChI=1S/C25H24FN3O4S/c1-15(2)27-24(31)21-22(33-25(32)29(21)14-16-8-10-18(26)11-9-16)17-5-3-6-19(13-17)28-23(30)20-7-4-12-34-20/h3-13,15,21-22H,14H2,1-2H3,(H,27,31)(H,28,30)/t21-,22+/m0/s1. The van der Waals surface area contributed by atoms with E-state index in [1.165, 1.54) is 28.4 Å². The fourth-order valence-electron chi connectivity index (χ4n) is 3.76. The molecule has 3 amide bonds. The van der Waals surface area contributed by atoms with E-state index in [2.05, 4.69) is 10.6 Å². The number of amides is 3. The Labute approximate surface area is 200 Å². The van der Waals surface area contributed by atoms with E-state index in [-0.39, 0.29) is 30.2 Å². The lowest BCUT2D eigenvalue weighted by molar-refractivity contribution is -0.126. The van der Waals surface area contributed by atoms with Gasteiger partial charge >= 0.3 is 6.09 Å². The zero-order valence-electron chi connectivity index (χ0n) is 18.7. The summed E-state index contributed by atoms with van der Waals surface area (Å²) in [5.41, 5.74) is 1.76. The van der Waals surface area contributed by atoms with E-state index < -0.39 is 18.2 Å². The summed E-state index contributed by atoms with van der Waals surface area (Å²) in [6, 6.07) is 15.1. The quantitative estimate of drug-likeness (QED) is 0.511. The van der Waals surface area contributed by atoms with E-state index >= 15 is 0 Å². The number of thiophene rings is 1. The molecule has 7 nitrogen and oxygen atoms in total. The van der Waals surface area contributed by atoms with Crippen LogP contribution >= 0.6 is 11.3 Å². The Balaban J connectivity index is 1.61. The van der Waals surface area contributed by atoms with Crippen LogP contribution in [0.3, 0.4) is 0 Å². The van der Waals surface area contributed by atoms with Crippen molar-refractivity contribution in [1.29, 1.82) is 0 Å². The zero-order valence-corrected chi connectivity index (χ0v) is 19.5. The number of nitrogens with one attached hydrogen (secondary N) is 2. The maximum absolute atomic E-state index is 13.3. The highest BCUT2D eigenvalue weighted by Crippen LogP contribution is 2.35. The molecule has 2 heterocycles. The van der Waals surface area contributed by atoms with Gasteiger partial charge in [-0.1, -0.05) is 30.3 Å². The Hall–Kier alpha value is -3.72. The Morgan fingerprint density at radius 1 is 1.12 bits per heavy atom. The van der Waals surface area contributed by atoms with Gasteiger partial charge in [0.1, 0.15) is 5.82 Å². The van der Waals surface area contributed by atoms with Crippen molar-refractivity contribution >= 4 is 34.9 Å². The van der Waals surface area contributed by atoms with Crippen molar-refractivity contribution in [2.24, 2.45) is 0 Å². The van der Waals surface area contributed by atoms with Gasteiger partial charge in [-0.3, -0.25) is 14.5 Å². The van der Waals surface area contributed by atoms with Gasteiger partial charge in [-0.2, -0.15) is 0 Å². The molecule has 0 radical (unpaired) electrons. The molecule has 176 valence electrons. The number of cyclic esters (lactones) is 1. The fourth-order valence-corrected chi connectivity index (χ4v) is 4.38. The predicted octanol–water partition coefficient (Wildman–Crippen LogP) is 4.73. The van der Waals surface area contributed by atoms with Gasteiger partial charge in [-0.15, -0.1) is 11.3 Å². The first-order valence-corrected chi connectivity index (χ1v) is 11.7. The lowest BCUT2D eigenvalue weighted by atomic mass is 9.99. The molecule has 0 unspecified atom stereocenters. The third-order valence-corrected chi connectivity index (χ3v) is 6.14. The third-order valence-electron chi connectivity index (χ3n) is 5.27. The van der Waals surface area contributed by atoms with Crippen molar-refractivity contribution in [3.05, 3.63) is 87.9 Å². The lowest BCUT2D eigenvalue weighted by Gasteiger charge is -2.25. The lowest BCUT2D eigenvalue weighted by Crippen LogP contribution is -2.48. The number of halogens is 1. The second kappa shape index (κ2) is 10.0. The maximum Gasteiger partial charge on any atom is 0.411 e. The number of carbonyl (C=O) groups excluding carboxylic acids is 3.